The number of hydrogen-bond donors (Lipinski definition) is 0. The summed E-state index contributed by atoms with van der Waals surface area (Å²) in [4.78, 5) is 22.5. The monoisotopic (exact) mass is 329 g/mol. The Kier molecular flexibility index (Phi) is 5.03. The molecule has 1 unspecified atom stereocenters. The molecule has 3 rings (SSSR count). The van der Waals surface area contributed by atoms with Crippen LogP contribution in [0.4, 0.5) is 4.39 Å². The minimum Gasteiger partial charge on any atom is -0.434 e. The lowest BCUT2D eigenvalue weighted by atomic mass is 9.94. The van der Waals surface area contributed by atoms with Gasteiger partial charge in [0.25, 0.3) is 0 Å². The average Bonchev–Trinajstić information content (AvgIpc) is 2.63. The van der Waals surface area contributed by atoms with Crippen LogP contribution in [0.5, 0.6) is 11.6 Å². The molecule has 0 aliphatic carbocycles. The molecule has 1 atom stereocenters. The highest BCUT2D eigenvalue weighted by Gasteiger charge is 2.28. The molecule has 1 aromatic heterocycles. The number of piperidine rings is 1. The molecule has 0 saturated carbocycles. The lowest BCUT2D eigenvalue weighted by Crippen LogP contribution is -2.39. The fourth-order valence-corrected chi connectivity index (χ4v) is 2.98. The van der Waals surface area contributed by atoms with Crippen LogP contribution in [0.25, 0.3) is 0 Å². The van der Waals surface area contributed by atoms with E-state index in [-0.39, 0.29) is 17.6 Å². The topological polar surface area (TPSA) is 55.3 Å². The Morgan fingerprint density at radius 3 is 2.92 bits per heavy atom. The molecular formula is C18H20FN3O2. The maximum absolute atomic E-state index is 13.8. The minimum absolute atomic E-state index is 0.0460. The molecule has 0 bridgehead atoms. The van der Waals surface area contributed by atoms with Crippen molar-refractivity contribution in [2.45, 2.75) is 32.1 Å². The standard InChI is InChI=1S/C18H20FN3O2/c1-2-16(23)22-11-5-6-13(12-22)17-18(21-10-9-20-17)24-15-8-4-3-7-14(15)19/h3-4,7-10,13H,2,5-6,11-12H2,1H3. The van der Waals surface area contributed by atoms with Crippen molar-refractivity contribution < 1.29 is 13.9 Å². The summed E-state index contributed by atoms with van der Waals surface area (Å²) in [5.74, 6) is 0.167. The molecule has 0 radical (unpaired) electrons. The summed E-state index contributed by atoms with van der Waals surface area (Å²) in [5.41, 5.74) is 0.675. The van der Waals surface area contributed by atoms with E-state index in [1.54, 1.807) is 24.4 Å². The Morgan fingerprint density at radius 1 is 1.33 bits per heavy atom. The van der Waals surface area contributed by atoms with Crippen LogP contribution in [0.15, 0.2) is 36.7 Å². The van der Waals surface area contributed by atoms with Crippen LogP contribution >= 0.6 is 0 Å². The van der Waals surface area contributed by atoms with E-state index in [0.717, 1.165) is 19.4 Å². The Balaban J connectivity index is 1.84. The number of likely N-dealkylation sites (tertiary alicyclic amines) is 1. The zero-order chi connectivity index (χ0) is 16.9. The van der Waals surface area contributed by atoms with Gasteiger partial charge >= 0.3 is 0 Å². The minimum atomic E-state index is -0.444. The van der Waals surface area contributed by atoms with E-state index in [2.05, 4.69) is 9.97 Å². The van der Waals surface area contributed by atoms with Crippen LogP contribution < -0.4 is 4.74 Å². The second kappa shape index (κ2) is 7.38. The molecule has 1 amide bonds. The summed E-state index contributed by atoms with van der Waals surface area (Å²) in [6, 6.07) is 6.21. The average molecular weight is 329 g/mol. The zero-order valence-electron chi connectivity index (χ0n) is 13.6. The first kappa shape index (κ1) is 16.4. The molecule has 2 heterocycles. The van der Waals surface area contributed by atoms with E-state index >= 15 is 0 Å². The third-order valence-corrected chi connectivity index (χ3v) is 4.20. The maximum Gasteiger partial charge on any atom is 0.241 e. The van der Waals surface area contributed by atoms with Gasteiger partial charge in [-0.05, 0) is 25.0 Å². The molecule has 126 valence electrons. The van der Waals surface area contributed by atoms with Gasteiger partial charge in [0.1, 0.15) is 5.69 Å². The number of aromatic nitrogens is 2. The van der Waals surface area contributed by atoms with Crippen molar-refractivity contribution in [1.29, 1.82) is 0 Å². The van der Waals surface area contributed by atoms with Crippen LogP contribution in [-0.2, 0) is 4.79 Å². The number of ether oxygens (including phenoxy) is 1. The quantitative estimate of drug-likeness (QED) is 0.861. The fourth-order valence-electron chi connectivity index (χ4n) is 2.98. The SMILES string of the molecule is CCC(=O)N1CCCC(c2nccnc2Oc2ccccc2F)C1. The second-order valence-corrected chi connectivity index (χ2v) is 5.81. The fraction of sp³-hybridized carbons (Fsp3) is 0.389. The third-order valence-electron chi connectivity index (χ3n) is 4.20. The number of carbonyl (C=O) groups is 1. The lowest BCUT2D eigenvalue weighted by Gasteiger charge is -2.32. The van der Waals surface area contributed by atoms with Crippen LogP contribution in [0, 0.1) is 5.82 Å². The molecule has 6 heteroatoms. The van der Waals surface area contributed by atoms with Gasteiger partial charge in [-0.3, -0.25) is 9.78 Å². The molecule has 1 fully saturated rings. The molecular weight excluding hydrogens is 309 g/mol. The molecule has 0 spiro atoms. The number of para-hydroxylation sites is 1. The Labute approximate surface area is 140 Å². The maximum atomic E-state index is 13.8. The number of hydrogen-bond acceptors (Lipinski definition) is 4. The number of benzene rings is 1. The van der Waals surface area contributed by atoms with Gasteiger partial charge in [0, 0.05) is 37.8 Å². The van der Waals surface area contributed by atoms with Crippen molar-refractivity contribution in [1.82, 2.24) is 14.9 Å². The predicted octanol–water partition coefficient (Wildman–Crippen LogP) is 3.52. The summed E-state index contributed by atoms with van der Waals surface area (Å²) in [6.45, 7) is 3.23. The normalized spacial score (nSPS) is 17.6. The highest BCUT2D eigenvalue weighted by atomic mass is 19.1. The molecule has 24 heavy (non-hydrogen) atoms. The lowest BCUT2D eigenvalue weighted by molar-refractivity contribution is -0.132. The van der Waals surface area contributed by atoms with E-state index < -0.39 is 5.82 Å². The van der Waals surface area contributed by atoms with Gasteiger partial charge in [0.2, 0.25) is 11.8 Å². The molecule has 2 aromatic rings. The first-order valence-electron chi connectivity index (χ1n) is 8.20. The van der Waals surface area contributed by atoms with E-state index in [0.29, 0.717) is 24.5 Å². The number of halogens is 1. The highest BCUT2D eigenvalue weighted by Crippen LogP contribution is 2.33. The number of carbonyl (C=O) groups excluding carboxylic acids is 1. The number of amides is 1. The number of rotatable bonds is 4. The van der Waals surface area contributed by atoms with Crippen LogP contribution in [0.3, 0.4) is 0 Å². The molecule has 1 aliphatic heterocycles. The first-order valence-corrected chi connectivity index (χ1v) is 8.20. The van der Waals surface area contributed by atoms with E-state index in [4.69, 9.17) is 4.74 Å². The summed E-state index contributed by atoms with van der Waals surface area (Å²) < 4.78 is 19.5. The van der Waals surface area contributed by atoms with Crippen molar-refractivity contribution in [2.75, 3.05) is 13.1 Å². The van der Waals surface area contributed by atoms with Crippen molar-refractivity contribution in [3.05, 3.63) is 48.2 Å². The zero-order valence-corrected chi connectivity index (χ0v) is 13.6. The summed E-state index contributed by atoms with van der Waals surface area (Å²) >= 11 is 0. The largest absolute Gasteiger partial charge is 0.434 e. The van der Waals surface area contributed by atoms with Crippen molar-refractivity contribution in [2.24, 2.45) is 0 Å². The van der Waals surface area contributed by atoms with Gasteiger partial charge < -0.3 is 9.64 Å². The van der Waals surface area contributed by atoms with Gasteiger partial charge in [0.05, 0.1) is 0 Å². The summed E-state index contributed by atoms with van der Waals surface area (Å²) in [6.07, 6.45) is 5.43. The first-order chi connectivity index (χ1) is 11.7. The second-order valence-electron chi connectivity index (χ2n) is 5.81. The van der Waals surface area contributed by atoms with E-state index in [1.807, 2.05) is 11.8 Å². The Morgan fingerprint density at radius 2 is 2.12 bits per heavy atom. The van der Waals surface area contributed by atoms with Gasteiger partial charge in [-0.1, -0.05) is 19.1 Å². The third kappa shape index (κ3) is 3.53. The highest BCUT2D eigenvalue weighted by molar-refractivity contribution is 5.76. The van der Waals surface area contributed by atoms with Gasteiger partial charge in [-0.2, -0.15) is 0 Å². The smallest absolute Gasteiger partial charge is 0.241 e. The predicted molar refractivity (Wildman–Crippen MR) is 87.4 cm³/mol. The van der Waals surface area contributed by atoms with Crippen LogP contribution in [0.2, 0.25) is 0 Å². The van der Waals surface area contributed by atoms with Gasteiger partial charge in [-0.25, -0.2) is 9.37 Å². The molecule has 1 saturated heterocycles. The molecule has 1 aliphatic rings. The van der Waals surface area contributed by atoms with Crippen LogP contribution in [0.1, 0.15) is 37.8 Å². The molecule has 0 N–H and O–H groups in total. The van der Waals surface area contributed by atoms with Crippen molar-refractivity contribution in [3.8, 4) is 11.6 Å². The number of nitrogens with zero attached hydrogens (tertiary/aromatic N) is 3. The Bertz CT molecular complexity index is 723. The summed E-state index contributed by atoms with van der Waals surface area (Å²) in [7, 11) is 0. The van der Waals surface area contributed by atoms with E-state index in [1.165, 1.54) is 12.3 Å². The molecule has 1 aromatic carbocycles. The van der Waals surface area contributed by atoms with E-state index in [9.17, 15) is 9.18 Å². The molecule has 5 nitrogen and oxygen atoms in total. The van der Waals surface area contributed by atoms with Crippen LogP contribution in [-0.4, -0.2) is 33.9 Å². The van der Waals surface area contributed by atoms with Gasteiger partial charge in [0.15, 0.2) is 11.6 Å². The van der Waals surface area contributed by atoms with Gasteiger partial charge in [-0.15, -0.1) is 0 Å². The van der Waals surface area contributed by atoms with Crippen molar-refractivity contribution >= 4 is 5.91 Å². The Hall–Kier alpha value is -2.50. The van der Waals surface area contributed by atoms with Crippen molar-refractivity contribution in [3.63, 3.8) is 0 Å². The summed E-state index contributed by atoms with van der Waals surface area (Å²) in [5, 5.41) is 0.